The lowest BCUT2D eigenvalue weighted by atomic mass is 9.98. The lowest BCUT2D eigenvalue weighted by Crippen LogP contribution is -2.21. The number of para-hydroxylation sites is 1. The zero-order valence-electron chi connectivity index (χ0n) is 21.8. The molecule has 0 radical (unpaired) electrons. The van der Waals surface area contributed by atoms with E-state index in [-0.39, 0.29) is 28.2 Å². The second kappa shape index (κ2) is 10.2. The third kappa shape index (κ3) is 4.92. The normalized spacial score (nSPS) is 11.6. The van der Waals surface area contributed by atoms with Crippen molar-refractivity contribution >= 4 is 22.6 Å². The Morgan fingerprint density at radius 1 is 0.976 bits per heavy atom. The van der Waals surface area contributed by atoms with Crippen molar-refractivity contribution in [2.24, 2.45) is 7.05 Å². The molecule has 0 aliphatic heterocycles. The number of anilines is 1. The summed E-state index contributed by atoms with van der Waals surface area (Å²) in [7, 11) is 2.69. The molecule has 0 unspecified atom stereocenters. The number of methoxy groups -OCH3 is 1. The summed E-state index contributed by atoms with van der Waals surface area (Å²) in [5, 5.41) is 6.94. The summed E-state index contributed by atoms with van der Waals surface area (Å²) in [5.74, 6) is -2.43. The SMILES string of the molecule is COc1ccc(C(F)(F)F)cc1NC(=O)c1ccc(C)c(-c2cc3cnn(-c4c(F)cccc4F)c3n(C)c2=O)c1. The largest absolute Gasteiger partial charge is 0.495 e. The number of aromatic nitrogens is 3. The van der Waals surface area contributed by atoms with E-state index in [1.165, 1.54) is 49.2 Å². The van der Waals surface area contributed by atoms with E-state index in [4.69, 9.17) is 4.74 Å². The topological polar surface area (TPSA) is 78.2 Å². The fraction of sp³-hybridized carbons (Fsp3) is 0.138. The number of nitrogens with one attached hydrogen (secondary N) is 1. The van der Waals surface area contributed by atoms with Crippen molar-refractivity contribution in [2.45, 2.75) is 13.1 Å². The molecule has 41 heavy (non-hydrogen) atoms. The van der Waals surface area contributed by atoms with E-state index in [2.05, 4.69) is 10.4 Å². The molecule has 0 spiro atoms. The molecule has 0 aliphatic rings. The Balaban J connectivity index is 1.57. The van der Waals surface area contributed by atoms with Crippen LogP contribution in [0.1, 0.15) is 21.5 Å². The van der Waals surface area contributed by atoms with Crippen molar-refractivity contribution in [1.82, 2.24) is 14.3 Å². The van der Waals surface area contributed by atoms with Crippen LogP contribution in [0.2, 0.25) is 0 Å². The Bertz CT molecular complexity index is 1870. The summed E-state index contributed by atoms with van der Waals surface area (Å²) in [6.45, 7) is 1.72. The Hall–Kier alpha value is -5.00. The number of halogens is 5. The number of carbonyl (C=O) groups is 1. The maximum atomic E-state index is 14.5. The van der Waals surface area contributed by atoms with Crippen LogP contribution in [0.5, 0.6) is 5.75 Å². The van der Waals surface area contributed by atoms with Gasteiger partial charge in [0.05, 0.1) is 24.6 Å². The van der Waals surface area contributed by atoms with Crippen LogP contribution in [0.15, 0.2) is 71.7 Å². The van der Waals surface area contributed by atoms with Crippen LogP contribution >= 0.6 is 0 Å². The summed E-state index contributed by atoms with van der Waals surface area (Å²) in [4.78, 5) is 26.6. The molecule has 0 fully saturated rings. The number of carbonyl (C=O) groups excluding carboxylic acids is 1. The second-order valence-electron chi connectivity index (χ2n) is 9.22. The highest BCUT2D eigenvalue weighted by Gasteiger charge is 2.31. The smallest absolute Gasteiger partial charge is 0.416 e. The predicted molar refractivity (Wildman–Crippen MR) is 142 cm³/mol. The van der Waals surface area contributed by atoms with Gasteiger partial charge in [-0.1, -0.05) is 12.1 Å². The zero-order valence-corrected chi connectivity index (χ0v) is 21.8. The van der Waals surface area contributed by atoms with Gasteiger partial charge in [0.15, 0.2) is 11.6 Å². The van der Waals surface area contributed by atoms with Gasteiger partial charge >= 0.3 is 6.18 Å². The van der Waals surface area contributed by atoms with Crippen LogP contribution in [0, 0.1) is 18.6 Å². The molecule has 5 rings (SSSR count). The van der Waals surface area contributed by atoms with Crippen molar-refractivity contribution < 1.29 is 31.5 Å². The predicted octanol–water partition coefficient (Wildman–Crippen LogP) is 6.26. The molecule has 2 aromatic heterocycles. The van der Waals surface area contributed by atoms with Gasteiger partial charge in [0.2, 0.25) is 0 Å². The fourth-order valence-corrected chi connectivity index (χ4v) is 4.56. The van der Waals surface area contributed by atoms with Crippen molar-refractivity contribution in [2.75, 3.05) is 12.4 Å². The van der Waals surface area contributed by atoms with E-state index < -0.39 is 40.5 Å². The minimum absolute atomic E-state index is 0.0290. The van der Waals surface area contributed by atoms with E-state index in [1.54, 1.807) is 13.0 Å². The highest BCUT2D eigenvalue weighted by atomic mass is 19.4. The molecule has 5 aromatic rings. The first kappa shape index (κ1) is 27.6. The number of hydrogen-bond acceptors (Lipinski definition) is 4. The molecule has 7 nitrogen and oxygen atoms in total. The van der Waals surface area contributed by atoms with Crippen LogP contribution in [-0.2, 0) is 13.2 Å². The molecule has 0 saturated heterocycles. The summed E-state index contributed by atoms with van der Waals surface area (Å²) in [5.41, 5.74) is -0.727. The summed E-state index contributed by atoms with van der Waals surface area (Å²) >= 11 is 0. The molecule has 3 aromatic carbocycles. The first-order valence-corrected chi connectivity index (χ1v) is 12.1. The van der Waals surface area contributed by atoms with Gasteiger partial charge in [-0.15, -0.1) is 0 Å². The Labute approximate surface area is 229 Å². The standard InChI is InChI=1S/C29H21F5N4O3/c1-15-7-8-16(26(39)36-23-13-18(29(32,33)34)9-10-24(23)41-3)11-19(15)20-12-17-14-35-38(27(17)37(2)28(20)40)25-21(30)5-4-6-22(25)31/h4-14H,1-3H3,(H,36,39). The van der Waals surface area contributed by atoms with E-state index in [1.807, 2.05) is 0 Å². The molecule has 0 saturated carbocycles. The lowest BCUT2D eigenvalue weighted by Gasteiger charge is -2.15. The average molecular weight is 569 g/mol. The number of aryl methyl sites for hydroxylation is 2. The number of benzene rings is 3. The third-order valence-electron chi connectivity index (χ3n) is 6.64. The number of rotatable bonds is 5. The van der Waals surface area contributed by atoms with Gasteiger partial charge in [0.25, 0.3) is 11.5 Å². The highest BCUT2D eigenvalue weighted by Crippen LogP contribution is 2.35. The van der Waals surface area contributed by atoms with E-state index in [0.717, 1.165) is 35.0 Å². The summed E-state index contributed by atoms with van der Waals surface area (Å²) < 4.78 is 76.0. The van der Waals surface area contributed by atoms with Crippen molar-refractivity contribution in [1.29, 1.82) is 0 Å². The maximum absolute atomic E-state index is 14.5. The monoisotopic (exact) mass is 568 g/mol. The van der Waals surface area contributed by atoms with Crippen molar-refractivity contribution in [3.8, 4) is 22.6 Å². The molecular formula is C29H21F5N4O3. The molecule has 0 bridgehead atoms. The number of ether oxygens (including phenoxy) is 1. The van der Waals surface area contributed by atoms with Gasteiger partial charge in [-0.3, -0.25) is 14.2 Å². The molecular weight excluding hydrogens is 547 g/mol. The van der Waals surface area contributed by atoms with Gasteiger partial charge in [0.1, 0.15) is 17.1 Å². The number of amides is 1. The Morgan fingerprint density at radius 3 is 2.34 bits per heavy atom. The summed E-state index contributed by atoms with van der Waals surface area (Å²) in [6.07, 6.45) is -3.27. The van der Waals surface area contributed by atoms with Gasteiger partial charge in [-0.2, -0.15) is 18.3 Å². The molecule has 0 atom stereocenters. The fourth-order valence-electron chi connectivity index (χ4n) is 4.56. The van der Waals surface area contributed by atoms with E-state index in [0.29, 0.717) is 16.5 Å². The van der Waals surface area contributed by atoms with Crippen molar-refractivity contribution in [3.05, 3.63) is 106 Å². The third-order valence-corrected chi connectivity index (χ3v) is 6.64. The molecule has 12 heteroatoms. The van der Waals surface area contributed by atoms with Gasteiger partial charge in [-0.25, -0.2) is 13.5 Å². The molecule has 210 valence electrons. The lowest BCUT2D eigenvalue weighted by molar-refractivity contribution is -0.137. The van der Waals surface area contributed by atoms with Crippen LogP contribution in [0.4, 0.5) is 27.6 Å². The molecule has 1 amide bonds. The van der Waals surface area contributed by atoms with Crippen LogP contribution in [-0.4, -0.2) is 27.4 Å². The highest BCUT2D eigenvalue weighted by molar-refractivity contribution is 6.06. The van der Waals surface area contributed by atoms with Crippen LogP contribution in [0.3, 0.4) is 0 Å². The molecule has 0 aliphatic carbocycles. The molecule has 1 N–H and O–H groups in total. The van der Waals surface area contributed by atoms with E-state index >= 15 is 0 Å². The first-order valence-electron chi connectivity index (χ1n) is 12.1. The Kier molecular flexibility index (Phi) is 6.85. The second-order valence-corrected chi connectivity index (χ2v) is 9.22. The minimum Gasteiger partial charge on any atom is -0.495 e. The number of pyridine rings is 1. The number of alkyl halides is 3. The summed E-state index contributed by atoms with van der Waals surface area (Å²) in [6, 6.07) is 12.1. The molecule has 2 heterocycles. The quantitative estimate of drug-likeness (QED) is 0.254. The Morgan fingerprint density at radius 2 is 1.68 bits per heavy atom. The van der Waals surface area contributed by atoms with Gasteiger partial charge < -0.3 is 10.1 Å². The van der Waals surface area contributed by atoms with Crippen molar-refractivity contribution in [3.63, 3.8) is 0 Å². The van der Waals surface area contributed by atoms with Gasteiger partial charge in [-0.05, 0) is 66.6 Å². The number of nitrogens with zero attached hydrogens (tertiary/aromatic N) is 3. The van der Waals surface area contributed by atoms with Crippen LogP contribution < -0.4 is 15.6 Å². The minimum atomic E-state index is -4.63. The van der Waals surface area contributed by atoms with E-state index in [9.17, 15) is 31.5 Å². The zero-order chi connectivity index (χ0) is 29.6. The number of hydrogen-bond donors (Lipinski definition) is 1. The maximum Gasteiger partial charge on any atom is 0.416 e. The first-order chi connectivity index (χ1) is 19.4. The number of fused-ring (bicyclic) bond motifs is 1. The average Bonchev–Trinajstić information content (AvgIpc) is 3.34. The van der Waals surface area contributed by atoms with Gasteiger partial charge in [0, 0.05) is 23.6 Å². The van der Waals surface area contributed by atoms with Crippen LogP contribution in [0.25, 0.3) is 27.8 Å².